The second-order valence-electron chi connectivity index (χ2n) is 2.99. The van der Waals surface area contributed by atoms with Crippen molar-refractivity contribution in [3.8, 4) is 10.6 Å². The van der Waals surface area contributed by atoms with Crippen molar-refractivity contribution in [3.63, 3.8) is 0 Å². The van der Waals surface area contributed by atoms with E-state index in [1.807, 2.05) is 0 Å². The second-order valence-corrected chi connectivity index (χ2v) is 5.53. The van der Waals surface area contributed by atoms with Gasteiger partial charge in [0, 0.05) is 5.56 Å². The maximum atomic E-state index is 11.3. The SMILES string of the molecule is Nc1nnc(-c2ccccc2S(N)(=O)=O)s1. The molecule has 0 atom stereocenters. The molecule has 1 aromatic heterocycles. The number of aromatic nitrogens is 2. The first-order chi connectivity index (χ1) is 7.48. The highest BCUT2D eigenvalue weighted by molar-refractivity contribution is 7.89. The van der Waals surface area contributed by atoms with Gasteiger partial charge in [0.25, 0.3) is 0 Å². The third kappa shape index (κ3) is 2.03. The molecule has 1 heterocycles. The fourth-order valence-electron chi connectivity index (χ4n) is 1.23. The third-order valence-corrected chi connectivity index (χ3v) is 3.62. The zero-order chi connectivity index (χ0) is 11.8. The van der Waals surface area contributed by atoms with Gasteiger partial charge >= 0.3 is 0 Å². The van der Waals surface area contributed by atoms with Gasteiger partial charge in [-0.15, -0.1) is 10.2 Å². The lowest BCUT2D eigenvalue weighted by molar-refractivity contribution is 0.598. The Kier molecular flexibility index (Phi) is 2.62. The van der Waals surface area contributed by atoms with E-state index in [-0.39, 0.29) is 10.0 Å². The van der Waals surface area contributed by atoms with Crippen LogP contribution in [0.25, 0.3) is 10.6 Å². The molecule has 0 bridgehead atoms. The van der Waals surface area contributed by atoms with Crippen molar-refractivity contribution in [1.82, 2.24) is 10.2 Å². The van der Waals surface area contributed by atoms with Crippen molar-refractivity contribution in [2.24, 2.45) is 5.14 Å². The number of hydrogen-bond acceptors (Lipinski definition) is 6. The smallest absolute Gasteiger partial charge is 0.238 e. The first-order valence-electron chi connectivity index (χ1n) is 4.19. The Morgan fingerprint density at radius 1 is 1.19 bits per heavy atom. The van der Waals surface area contributed by atoms with Crippen LogP contribution in [0.5, 0.6) is 0 Å². The molecule has 0 spiro atoms. The average Bonchev–Trinajstić information content (AvgIpc) is 2.64. The molecular weight excluding hydrogens is 248 g/mol. The summed E-state index contributed by atoms with van der Waals surface area (Å²) in [5.74, 6) is 0. The molecule has 0 unspecified atom stereocenters. The summed E-state index contributed by atoms with van der Waals surface area (Å²) in [5, 5.41) is 13.2. The van der Waals surface area contributed by atoms with E-state index < -0.39 is 10.0 Å². The summed E-state index contributed by atoms with van der Waals surface area (Å²) in [6.45, 7) is 0. The van der Waals surface area contributed by atoms with Gasteiger partial charge in [-0.25, -0.2) is 13.6 Å². The Bertz CT molecular complexity index is 620. The Labute approximate surface area is 96.0 Å². The van der Waals surface area contributed by atoms with E-state index in [9.17, 15) is 8.42 Å². The highest BCUT2D eigenvalue weighted by atomic mass is 32.2. The van der Waals surface area contributed by atoms with Crippen LogP contribution in [0.4, 0.5) is 5.13 Å². The van der Waals surface area contributed by atoms with Gasteiger partial charge in [0.1, 0.15) is 0 Å². The van der Waals surface area contributed by atoms with Crippen molar-refractivity contribution in [3.05, 3.63) is 24.3 Å². The Morgan fingerprint density at radius 2 is 1.88 bits per heavy atom. The summed E-state index contributed by atoms with van der Waals surface area (Å²) in [7, 11) is -3.77. The van der Waals surface area contributed by atoms with Gasteiger partial charge in [-0.2, -0.15) is 0 Å². The molecule has 8 heteroatoms. The molecule has 2 rings (SSSR count). The van der Waals surface area contributed by atoms with Crippen LogP contribution in [0, 0.1) is 0 Å². The largest absolute Gasteiger partial charge is 0.374 e. The summed E-state index contributed by atoms with van der Waals surface area (Å²) in [6, 6.07) is 6.32. The van der Waals surface area contributed by atoms with E-state index in [4.69, 9.17) is 10.9 Å². The molecule has 0 aliphatic heterocycles. The molecule has 1 aromatic carbocycles. The van der Waals surface area contributed by atoms with Gasteiger partial charge in [-0.3, -0.25) is 0 Å². The lowest BCUT2D eigenvalue weighted by atomic mass is 10.2. The van der Waals surface area contributed by atoms with Gasteiger partial charge in [-0.1, -0.05) is 29.5 Å². The number of anilines is 1. The minimum atomic E-state index is -3.77. The third-order valence-electron chi connectivity index (χ3n) is 1.86. The molecule has 0 saturated heterocycles. The first kappa shape index (κ1) is 11.0. The van der Waals surface area contributed by atoms with E-state index in [0.29, 0.717) is 10.6 Å². The summed E-state index contributed by atoms with van der Waals surface area (Å²) >= 11 is 1.11. The lowest BCUT2D eigenvalue weighted by Crippen LogP contribution is -2.13. The highest BCUT2D eigenvalue weighted by Gasteiger charge is 2.16. The highest BCUT2D eigenvalue weighted by Crippen LogP contribution is 2.29. The molecular formula is C8H8N4O2S2. The quantitative estimate of drug-likeness (QED) is 0.809. The molecule has 4 N–H and O–H groups in total. The van der Waals surface area contributed by atoms with E-state index in [1.165, 1.54) is 6.07 Å². The van der Waals surface area contributed by atoms with E-state index >= 15 is 0 Å². The predicted octanol–water partition coefficient (Wildman–Crippen LogP) is 0.435. The molecule has 0 fully saturated rings. The summed E-state index contributed by atoms with van der Waals surface area (Å²) in [6.07, 6.45) is 0. The van der Waals surface area contributed by atoms with Crippen molar-refractivity contribution in [2.45, 2.75) is 4.90 Å². The standard InChI is InChI=1S/C8H8N4O2S2/c9-8-12-11-7(15-8)5-3-1-2-4-6(5)16(10,13)14/h1-4H,(H2,9,12)(H2,10,13,14). The minimum absolute atomic E-state index is 0.0196. The van der Waals surface area contributed by atoms with Crippen LogP contribution >= 0.6 is 11.3 Å². The number of hydrogen-bond donors (Lipinski definition) is 2. The average molecular weight is 256 g/mol. The van der Waals surface area contributed by atoms with Crippen LogP contribution in [-0.4, -0.2) is 18.6 Å². The number of benzene rings is 1. The van der Waals surface area contributed by atoms with E-state index in [0.717, 1.165) is 11.3 Å². The summed E-state index contributed by atoms with van der Waals surface area (Å²) in [4.78, 5) is 0.0196. The maximum Gasteiger partial charge on any atom is 0.238 e. The van der Waals surface area contributed by atoms with Crippen LogP contribution in [0.2, 0.25) is 0 Å². The fourth-order valence-corrected chi connectivity index (χ4v) is 2.69. The summed E-state index contributed by atoms with van der Waals surface area (Å²) < 4.78 is 22.7. The molecule has 84 valence electrons. The van der Waals surface area contributed by atoms with Crippen molar-refractivity contribution in [1.29, 1.82) is 0 Å². The lowest BCUT2D eigenvalue weighted by Gasteiger charge is -2.02. The van der Waals surface area contributed by atoms with Gasteiger partial charge in [-0.05, 0) is 6.07 Å². The topological polar surface area (TPSA) is 112 Å². The van der Waals surface area contributed by atoms with Crippen LogP contribution < -0.4 is 10.9 Å². The number of nitrogens with zero attached hydrogens (tertiary/aromatic N) is 2. The van der Waals surface area contributed by atoms with Crippen LogP contribution in [0.1, 0.15) is 0 Å². The number of rotatable bonds is 2. The van der Waals surface area contributed by atoms with E-state index in [1.54, 1.807) is 18.2 Å². The predicted molar refractivity (Wildman–Crippen MR) is 61.1 cm³/mol. The van der Waals surface area contributed by atoms with Crippen molar-refractivity contribution >= 4 is 26.5 Å². The normalized spacial score (nSPS) is 11.6. The zero-order valence-corrected chi connectivity index (χ0v) is 9.62. The number of sulfonamides is 1. The number of nitrogen functional groups attached to an aromatic ring is 1. The van der Waals surface area contributed by atoms with Gasteiger partial charge in [0.2, 0.25) is 15.2 Å². The second kappa shape index (κ2) is 3.81. The maximum absolute atomic E-state index is 11.3. The molecule has 0 radical (unpaired) electrons. The summed E-state index contributed by atoms with van der Waals surface area (Å²) in [5.41, 5.74) is 5.86. The Hall–Kier alpha value is -1.51. The monoisotopic (exact) mass is 256 g/mol. The van der Waals surface area contributed by atoms with E-state index in [2.05, 4.69) is 10.2 Å². The van der Waals surface area contributed by atoms with Crippen LogP contribution in [0.3, 0.4) is 0 Å². The number of primary sulfonamides is 1. The van der Waals surface area contributed by atoms with Crippen LogP contribution in [-0.2, 0) is 10.0 Å². The number of nitrogens with two attached hydrogens (primary N) is 2. The Morgan fingerprint density at radius 3 is 2.44 bits per heavy atom. The first-order valence-corrected chi connectivity index (χ1v) is 6.56. The minimum Gasteiger partial charge on any atom is -0.374 e. The molecule has 6 nitrogen and oxygen atoms in total. The van der Waals surface area contributed by atoms with Crippen molar-refractivity contribution < 1.29 is 8.42 Å². The van der Waals surface area contributed by atoms with Gasteiger partial charge in [0.05, 0.1) is 4.90 Å². The molecule has 0 amide bonds. The fraction of sp³-hybridized carbons (Fsp3) is 0. The van der Waals surface area contributed by atoms with Crippen molar-refractivity contribution in [2.75, 3.05) is 5.73 Å². The van der Waals surface area contributed by atoms with Gasteiger partial charge < -0.3 is 5.73 Å². The molecule has 2 aromatic rings. The Balaban J connectivity index is 2.66. The van der Waals surface area contributed by atoms with Gasteiger partial charge in [0.15, 0.2) is 5.01 Å². The molecule has 0 saturated carbocycles. The molecule has 0 aliphatic rings. The van der Waals surface area contributed by atoms with Crippen LogP contribution in [0.15, 0.2) is 29.2 Å². The zero-order valence-electron chi connectivity index (χ0n) is 7.99. The molecule has 16 heavy (non-hydrogen) atoms. The molecule has 0 aliphatic carbocycles.